The molecular weight excluding hydrogens is 234 g/mol. The number of aryl methyl sites for hydroxylation is 2. The maximum atomic E-state index is 4.82. The topological polar surface area (TPSA) is 28.2 Å². The summed E-state index contributed by atoms with van der Waals surface area (Å²) in [6, 6.07) is 2.20. The van der Waals surface area contributed by atoms with Crippen LogP contribution in [0.25, 0.3) is 0 Å². The van der Waals surface area contributed by atoms with Gasteiger partial charge in [-0.3, -0.25) is 0 Å². The molecule has 19 heavy (non-hydrogen) atoms. The quantitative estimate of drug-likeness (QED) is 0.817. The van der Waals surface area contributed by atoms with Crippen LogP contribution in [0.5, 0.6) is 0 Å². The van der Waals surface area contributed by atoms with E-state index in [0.717, 1.165) is 31.2 Å². The average molecular weight is 261 g/mol. The Morgan fingerprint density at radius 1 is 1.32 bits per heavy atom. The molecule has 0 amide bonds. The molecule has 1 heterocycles. The zero-order chi connectivity index (χ0) is 13.8. The van der Waals surface area contributed by atoms with Crippen molar-refractivity contribution in [1.29, 1.82) is 0 Å². The number of anilines is 1. The van der Waals surface area contributed by atoms with Crippen molar-refractivity contribution in [3.63, 3.8) is 0 Å². The Hall–Kier alpha value is -1.09. The van der Waals surface area contributed by atoms with Gasteiger partial charge < -0.3 is 10.2 Å². The lowest BCUT2D eigenvalue weighted by Crippen LogP contribution is -2.29. The molecule has 3 nitrogen and oxygen atoms in total. The van der Waals surface area contributed by atoms with E-state index >= 15 is 0 Å². The summed E-state index contributed by atoms with van der Waals surface area (Å²) in [6.45, 7) is 12.8. The van der Waals surface area contributed by atoms with Crippen LogP contribution in [0.1, 0.15) is 43.5 Å². The second-order valence-electron chi connectivity index (χ2n) is 5.65. The predicted molar refractivity (Wildman–Crippen MR) is 81.7 cm³/mol. The van der Waals surface area contributed by atoms with Gasteiger partial charge in [0, 0.05) is 30.9 Å². The molecule has 1 aliphatic rings. The summed E-state index contributed by atoms with van der Waals surface area (Å²) < 4.78 is 0. The summed E-state index contributed by atoms with van der Waals surface area (Å²) >= 11 is 0. The number of hydrogen-bond donors (Lipinski definition) is 1. The molecular formula is C16H27N3. The first-order valence-corrected chi connectivity index (χ1v) is 7.58. The SMILES string of the molecule is CCNCc1c(C)cc(C)nc1N(CC)CC1CC1. The highest BCUT2D eigenvalue weighted by Crippen LogP contribution is 2.32. The molecule has 1 fully saturated rings. The van der Waals surface area contributed by atoms with Crippen LogP contribution in [0.3, 0.4) is 0 Å². The molecule has 1 aromatic rings. The highest BCUT2D eigenvalue weighted by molar-refractivity contribution is 5.51. The summed E-state index contributed by atoms with van der Waals surface area (Å²) in [4.78, 5) is 7.29. The molecule has 0 spiro atoms. The van der Waals surface area contributed by atoms with E-state index in [1.807, 2.05) is 0 Å². The Morgan fingerprint density at radius 2 is 2.05 bits per heavy atom. The van der Waals surface area contributed by atoms with Crippen molar-refractivity contribution in [2.24, 2.45) is 5.92 Å². The van der Waals surface area contributed by atoms with Crippen molar-refractivity contribution >= 4 is 5.82 Å². The lowest BCUT2D eigenvalue weighted by Gasteiger charge is -2.26. The molecule has 1 aromatic heterocycles. The van der Waals surface area contributed by atoms with Gasteiger partial charge >= 0.3 is 0 Å². The third-order valence-electron chi connectivity index (χ3n) is 3.86. The minimum absolute atomic E-state index is 0.898. The van der Waals surface area contributed by atoms with Crippen molar-refractivity contribution in [3.8, 4) is 0 Å². The van der Waals surface area contributed by atoms with E-state index in [2.05, 4.69) is 44.0 Å². The van der Waals surface area contributed by atoms with E-state index < -0.39 is 0 Å². The van der Waals surface area contributed by atoms with E-state index in [-0.39, 0.29) is 0 Å². The number of aromatic nitrogens is 1. The van der Waals surface area contributed by atoms with Gasteiger partial charge in [0.15, 0.2) is 0 Å². The summed E-state index contributed by atoms with van der Waals surface area (Å²) in [5, 5.41) is 3.45. The Morgan fingerprint density at radius 3 is 2.63 bits per heavy atom. The van der Waals surface area contributed by atoms with Crippen LogP contribution >= 0.6 is 0 Å². The number of hydrogen-bond acceptors (Lipinski definition) is 3. The van der Waals surface area contributed by atoms with E-state index in [4.69, 9.17) is 4.98 Å². The smallest absolute Gasteiger partial charge is 0.133 e. The minimum atomic E-state index is 0.898. The Labute approximate surface area is 117 Å². The lowest BCUT2D eigenvalue weighted by molar-refractivity contribution is 0.693. The number of nitrogens with zero attached hydrogens (tertiary/aromatic N) is 2. The molecule has 0 aromatic carbocycles. The molecule has 106 valence electrons. The zero-order valence-electron chi connectivity index (χ0n) is 12.8. The summed E-state index contributed by atoms with van der Waals surface area (Å²) in [5.74, 6) is 2.10. The van der Waals surface area contributed by atoms with Gasteiger partial charge in [-0.05, 0) is 57.7 Å². The van der Waals surface area contributed by atoms with Crippen molar-refractivity contribution < 1.29 is 0 Å². The Bertz CT molecular complexity index is 424. The largest absolute Gasteiger partial charge is 0.356 e. The molecule has 1 aliphatic carbocycles. The third kappa shape index (κ3) is 3.69. The Balaban J connectivity index is 2.27. The first-order valence-electron chi connectivity index (χ1n) is 7.58. The predicted octanol–water partition coefficient (Wildman–Crippen LogP) is 3.04. The first kappa shape index (κ1) is 14.3. The summed E-state index contributed by atoms with van der Waals surface area (Å²) in [7, 11) is 0. The monoisotopic (exact) mass is 261 g/mol. The van der Waals surface area contributed by atoms with Crippen molar-refractivity contribution in [1.82, 2.24) is 10.3 Å². The van der Waals surface area contributed by atoms with E-state index in [1.54, 1.807) is 0 Å². The second-order valence-corrected chi connectivity index (χ2v) is 5.65. The lowest BCUT2D eigenvalue weighted by atomic mass is 10.1. The van der Waals surface area contributed by atoms with Gasteiger partial charge in [0.1, 0.15) is 5.82 Å². The van der Waals surface area contributed by atoms with Gasteiger partial charge in [0.25, 0.3) is 0 Å². The van der Waals surface area contributed by atoms with Gasteiger partial charge in [-0.1, -0.05) is 6.92 Å². The molecule has 2 rings (SSSR count). The molecule has 0 saturated heterocycles. The van der Waals surface area contributed by atoms with Crippen LogP contribution in [-0.4, -0.2) is 24.6 Å². The highest BCUT2D eigenvalue weighted by atomic mass is 15.2. The van der Waals surface area contributed by atoms with Crippen LogP contribution in [0.15, 0.2) is 6.07 Å². The van der Waals surface area contributed by atoms with Crippen molar-refractivity contribution in [2.45, 2.75) is 47.1 Å². The van der Waals surface area contributed by atoms with E-state index in [9.17, 15) is 0 Å². The van der Waals surface area contributed by atoms with Crippen LogP contribution in [0.2, 0.25) is 0 Å². The van der Waals surface area contributed by atoms with Crippen LogP contribution in [0, 0.1) is 19.8 Å². The van der Waals surface area contributed by atoms with Gasteiger partial charge in [-0.25, -0.2) is 4.98 Å². The van der Waals surface area contributed by atoms with Gasteiger partial charge in [0.2, 0.25) is 0 Å². The molecule has 0 unspecified atom stereocenters. The van der Waals surface area contributed by atoms with Gasteiger partial charge in [-0.15, -0.1) is 0 Å². The fraction of sp³-hybridized carbons (Fsp3) is 0.688. The normalized spacial score (nSPS) is 14.7. The fourth-order valence-electron chi connectivity index (χ4n) is 2.55. The third-order valence-corrected chi connectivity index (χ3v) is 3.86. The number of rotatable bonds is 7. The number of pyridine rings is 1. The second kappa shape index (κ2) is 6.38. The first-order chi connectivity index (χ1) is 9.15. The molecule has 0 atom stereocenters. The molecule has 0 radical (unpaired) electrons. The molecule has 3 heteroatoms. The van der Waals surface area contributed by atoms with Crippen molar-refractivity contribution in [3.05, 3.63) is 22.9 Å². The summed E-state index contributed by atoms with van der Waals surface area (Å²) in [6.07, 6.45) is 2.79. The van der Waals surface area contributed by atoms with Crippen LogP contribution < -0.4 is 10.2 Å². The van der Waals surface area contributed by atoms with Gasteiger partial charge in [-0.2, -0.15) is 0 Å². The van der Waals surface area contributed by atoms with E-state index in [0.29, 0.717) is 0 Å². The maximum Gasteiger partial charge on any atom is 0.133 e. The van der Waals surface area contributed by atoms with Crippen LogP contribution in [-0.2, 0) is 6.54 Å². The number of nitrogens with one attached hydrogen (secondary N) is 1. The summed E-state index contributed by atoms with van der Waals surface area (Å²) in [5.41, 5.74) is 3.86. The van der Waals surface area contributed by atoms with Crippen molar-refractivity contribution in [2.75, 3.05) is 24.5 Å². The standard InChI is InChI=1S/C16H27N3/c1-5-17-10-15-12(3)9-13(4)18-16(15)19(6-2)11-14-7-8-14/h9,14,17H,5-8,10-11H2,1-4H3. The van der Waals surface area contributed by atoms with E-state index in [1.165, 1.54) is 36.3 Å². The minimum Gasteiger partial charge on any atom is -0.356 e. The fourth-order valence-corrected chi connectivity index (χ4v) is 2.55. The highest BCUT2D eigenvalue weighted by Gasteiger charge is 2.25. The molecule has 0 bridgehead atoms. The molecule has 1 saturated carbocycles. The van der Waals surface area contributed by atoms with Gasteiger partial charge in [0.05, 0.1) is 0 Å². The zero-order valence-corrected chi connectivity index (χ0v) is 12.8. The van der Waals surface area contributed by atoms with Crippen LogP contribution in [0.4, 0.5) is 5.82 Å². The molecule has 1 N–H and O–H groups in total. The maximum absolute atomic E-state index is 4.82. The molecule has 0 aliphatic heterocycles. The average Bonchev–Trinajstić information content (AvgIpc) is 3.18. The Kier molecular flexibility index (Phi) is 4.81.